The van der Waals surface area contributed by atoms with Crippen LogP contribution < -0.4 is 0 Å². The molecule has 2 rings (SSSR count). The van der Waals surface area contributed by atoms with Crippen molar-refractivity contribution in [1.29, 1.82) is 0 Å². The van der Waals surface area contributed by atoms with Gasteiger partial charge in [0.05, 0.1) is 0 Å². The van der Waals surface area contributed by atoms with Crippen LogP contribution in [0.2, 0.25) is 0 Å². The van der Waals surface area contributed by atoms with Crippen molar-refractivity contribution in [3.63, 3.8) is 0 Å². The Morgan fingerprint density at radius 1 is 1.44 bits per heavy atom. The first kappa shape index (κ1) is 13.6. The predicted octanol–water partition coefficient (Wildman–Crippen LogP) is 1.58. The minimum atomic E-state index is -3.57. The lowest BCUT2D eigenvalue weighted by molar-refractivity contribution is 0.183. The summed E-state index contributed by atoms with van der Waals surface area (Å²) in [6.07, 6.45) is 1.89. The van der Waals surface area contributed by atoms with Crippen LogP contribution in [-0.4, -0.2) is 30.9 Å². The van der Waals surface area contributed by atoms with E-state index in [0.717, 1.165) is 12.8 Å². The van der Waals surface area contributed by atoms with Gasteiger partial charge in [-0.1, -0.05) is 13.8 Å². The Morgan fingerprint density at radius 3 is 2.72 bits per heavy atom. The van der Waals surface area contributed by atoms with Gasteiger partial charge in [-0.25, -0.2) is 8.42 Å². The monoisotopic (exact) mass is 273 g/mol. The van der Waals surface area contributed by atoms with Crippen LogP contribution in [0.5, 0.6) is 0 Å². The standard InChI is InChI=1S/C12H19NO4S/c1-12(2)6-3-7-13(9-12)18(15,16)11-5-4-10(8-14)17-11/h4-5,14H,3,6-9H2,1-2H3. The molecule has 1 aromatic rings. The zero-order valence-electron chi connectivity index (χ0n) is 10.7. The van der Waals surface area contributed by atoms with Gasteiger partial charge in [0, 0.05) is 13.1 Å². The summed E-state index contributed by atoms with van der Waals surface area (Å²) in [6, 6.07) is 2.89. The van der Waals surface area contributed by atoms with E-state index in [1.54, 1.807) is 0 Å². The first-order chi connectivity index (χ1) is 8.35. The molecular formula is C12H19NO4S. The van der Waals surface area contributed by atoms with Crippen molar-refractivity contribution in [2.45, 2.75) is 38.4 Å². The Morgan fingerprint density at radius 2 is 2.17 bits per heavy atom. The van der Waals surface area contributed by atoms with Crippen LogP contribution in [-0.2, 0) is 16.6 Å². The highest BCUT2D eigenvalue weighted by molar-refractivity contribution is 7.89. The van der Waals surface area contributed by atoms with E-state index in [2.05, 4.69) is 13.8 Å². The van der Waals surface area contributed by atoms with E-state index >= 15 is 0 Å². The average molecular weight is 273 g/mol. The maximum atomic E-state index is 12.4. The molecule has 5 nitrogen and oxygen atoms in total. The Bertz CT molecular complexity index is 518. The highest BCUT2D eigenvalue weighted by Crippen LogP contribution is 2.32. The number of aliphatic hydroxyl groups is 1. The lowest BCUT2D eigenvalue weighted by Crippen LogP contribution is -2.43. The minimum absolute atomic E-state index is 0.00226. The normalized spacial score (nSPS) is 21.1. The summed E-state index contributed by atoms with van der Waals surface area (Å²) in [5, 5.41) is 8.83. The molecule has 0 aromatic carbocycles. The Kier molecular flexibility index (Phi) is 3.53. The largest absolute Gasteiger partial charge is 0.446 e. The van der Waals surface area contributed by atoms with Crippen molar-refractivity contribution in [2.75, 3.05) is 13.1 Å². The van der Waals surface area contributed by atoms with E-state index in [0.29, 0.717) is 13.1 Å². The fraction of sp³-hybridized carbons (Fsp3) is 0.667. The highest BCUT2D eigenvalue weighted by Gasteiger charge is 2.35. The van der Waals surface area contributed by atoms with Gasteiger partial charge in [0.15, 0.2) is 0 Å². The van der Waals surface area contributed by atoms with Gasteiger partial charge in [0.25, 0.3) is 10.0 Å². The van der Waals surface area contributed by atoms with Crippen LogP contribution in [0.15, 0.2) is 21.6 Å². The minimum Gasteiger partial charge on any atom is -0.446 e. The zero-order valence-corrected chi connectivity index (χ0v) is 11.5. The number of hydrogen-bond acceptors (Lipinski definition) is 4. The number of aliphatic hydroxyl groups excluding tert-OH is 1. The Labute approximate surface area is 107 Å². The topological polar surface area (TPSA) is 70.8 Å². The third-order valence-electron chi connectivity index (χ3n) is 3.25. The van der Waals surface area contributed by atoms with Crippen molar-refractivity contribution in [2.24, 2.45) is 5.41 Å². The molecule has 0 amide bonds. The van der Waals surface area contributed by atoms with E-state index in [-0.39, 0.29) is 22.9 Å². The van der Waals surface area contributed by atoms with Gasteiger partial charge >= 0.3 is 0 Å². The van der Waals surface area contributed by atoms with Crippen LogP contribution in [0.3, 0.4) is 0 Å². The van der Waals surface area contributed by atoms with E-state index in [4.69, 9.17) is 9.52 Å². The van der Waals surface area contributed by atoms with Gasteiger partial charge in [0.1, 0.15) is 12.4 Å². The molecule has 1 N–H and O–H groups in total. The van der Waals surface area contributed by atoms with Gasteiger partial charge in [-0.15, -0.1) is 0 Å². The molecule has 1 saturated heterocycles. The smallest absolute Gasteiger partial charge is 0.276 e. The molecule has 0 spiro atoms. The second kappa shape index (κ2) is 4.68. The van der Waals surface area contributed by atoms with Gasteiger partial charge < -0.3 is 9.52 Å². The quantitative estimate of drug-likeness (QED) is 0.907. The second-order valence-corrected chi connectivity index (χ2v) is 7.35. The molecule has 1 aliphatic heterocycles. The van der Waals surface area contributed by atoms with Crippen LogP contribution >= 0.6 is 0 Å². The molecule has 1 aliphatic rings. The van der Waals surface area contributed by atoms with Gasteiger partial charge in [-0.3, -0.25) is 0 Å². The lowest BCUT2D eigenvalue weighted by atomic mass is 9.85. The van der Waals surface area contributed by atoms with Crippen molar-refractivity contribution in [3.05, 3.63) is 17.9 Å². The summed E-state index contributed by atoms with van der Waals surface area (Å²) in [5.74, 6) is 0.268. The molecule has 1 aromatic heterocycles. The number of nitrogens with zero attached hydrogens (tertiary/aromatic N) is 1. The summed E-state index contributed by atoms with van der Waals surface area (Å²) in [6.45, 7) is 4.87. The molecule has 18 heavy (non-hydrogen) atoms. The third kappa shape index (κ3) is 2.60. The molecule has 0 saturated carbocycles. The molecule has 0 atom stereocenters. The zero-order chi connectivity index (χ0) is 13.4. The fourth-order valence-corrected chi connectivity index (χ4v) is 3.88. The molecular weight excluding hydrogens is 254 g/mol. The van der Waals surface area contributed by atoms with Gasteiger partial charge in [-0.2, -0.15) is 4.31 Å². The average Bonchev–Trinajstić information content (AvgIpc) is 2.76. The maximum absolute atomic E-state index is 12.4. The molecule has 0 bridgehead atoms. The van der Waals surface area contributed by atoms with E-state index < -0.39 is 10.0 Å². The SMILES string of the molecule is CC1(C)CCCN(S(=O)(=O)c2ccc(CO)o2)C1. The molecule has 0 unspecified atom stereocenters. The molecule has 102 valence electrons. The van der Waals surface area contributed by atoms with Crippen molar-refractivity contribution < 1.29 is 17.9 Å². The number of rotatable bonds is 3. The Hall–Kier alpha value is -0.850. The van der Waals surface area contributed by atoms with Crippen LogP contribution in [0, 0.1) is 5.41 Å². The lowest BCUT2D eigenvalue weighted by Gasteiger charge is -2.36. The first-order valence-electron chi connectivity index (χ1n) is 6.05. The summed E-state index contributed by atoms with van der Waals surface area (Å²) in [5.41, 5.74) is -0.00226. The van der Waals surface area contributed by atoms with Gasteiger partial charge in [-0.05, 0) is 30.4 Å². The highest BCUT2D eigenvalue weighted by atomic mass is 32.2. The van der Waals surface area contributed by atoms with E-state index in [9.17, 15) is 8.42 Å². The van der Waals surface area contributed by atoms with Crippen molar-refractivity contribution in [1.82, 2.24) is 4.31 Å². The van der Waals surface area contributed by atoms with Crippen molar-refractivity contribution in [3.8, 4) is 0 Å². The predicted molar refractivity (Wildman–Crippen MR) is 66.4 cm³/mol. The molecule has 0 radical (unpaired) electrons. The summed E-state index contributed by atoms with van der Waals surface area (Å²) in [7, 11) is -3.57. The fourth-order valence-electron chi connectivity index (χ4n) is 2.28. The molecule has 2 heterocycles. The summed E-state index contributed by atoms with van der Waals surface area (Å²) in [4.78, 5) is 0. The number of piperidine rings is 1. The summed E-state index contributed by atoms with van der Waals surface area (Å²) >= 11 is 0. The summed E-state index contributed by atoms with van der Waals surface area (Å²) < 4.78 is 31.3. The molecule has 6 heteroatoms. The Balaban J connectivity index is 2.25. The van der Waals surface area contributed by atoms with Crippen LogP contribution in [0.25, 0.3) is 0 Å². The van der Waals surface area contributed by atoms with E-state index in [1.807, 2.05) is 0 Å². The number of sulfonamides is 1. The first-order valence-corrected chi connectivity index (χ1v) is 7.49. The number of hydrogen-bond donors (Lipinski definition) is 1. The van der Waals surface area contributed by atoms with Crippen LogP contribution in [0.1, 0.15) is 32.4 Å². The molecule has 1 fully saturated rings. The van der Waals surface area contributed by atoms with Crippen molar-refractivity contribution >= 4 is 10.0 Å². The van der Waals surface area contributed by atoms with Gasteiger partial charge in [0.2, 0.25) is 5.09 Å². The maximum Gasteiger partial charge on any atom is 0.276 e. The third-order valence-corrected chi connectivity index (χ3v) is 4.97. The van der Waals surface area contributed by atoms with E-state index in [1.165, 1.54) is 16.4 Å². The molecule has 0 aliphatic carbocycles. The number of furan rings is 1. The van der Waals surface area contributed by atoms with Crippen LogP contribution in [0.4, 0.5) is 0 Å². The second-order valence-electron chi connectivity index (χ2n) is 5.49.